The van der Waals surface area contributed by atoms with E-state index >= 15 is 0 Å². The average molecular weight is 394 g/mol. The first kappa shape index (κ1) is 19.7. The van der Waals surface area contributed by atoms with E-state index in [1.165, 1.54) is 12.1 Å². The van der Waals surface area contributed by atoms with E-state index in [2.05, 4.69) is 4.98 Å². The van der Waals surface area contributed by atoms with Crippen molar-refractivity contribution in [3.63, 3.8) is 0 Å². The minimum absolute atomic E-state index is 0.166. The van der Waals surface area contributed by atoms with Crippen molar-refractivity contribution in [2.24, 2.45) is 5.41 Å². The lowest BCUT2D eigenvalue weighted by atomic mass is 9.86. The predicted octanol–water partition coefficient (Wildman–Crippen LogP) is 3.14. The minimum atomic E-state index is -4.93. The summed E-state index contributed by atoms with van der Waals surface area (Å²) in [7, 11) is 0. The van der Waals surface area contributed by atoms with Crippen LogP contribution in [0.15, 0.2) is 48.8 Å². The molecule has 9 heteroatoms. The number of rotatable bonds is 5. The van der Waals surface area contributed by atoms with E-state index in [0.29, 0.717) is 12.4 Å². The van der Waals surface area contributed by atoms with Crippen LogP contribution < -0.4 is 4.74 Å². The predicted molar refractivity (Wildman–Crippen MR) is 91.7 cm³/mol. The lowest BCUT2D eigenvalue weighted by Gasteiger charge is -2.27. The number of likely N-dealkylation sites (tertiary alicyclic amines) is 1. The summed E-state index contributed by atoms with van der Waals surface area (Å²) in [6.07, 6.45) is -2.33. The van der Waals surface area contributed by atoms with Crippen molar-refractivity contribution in [2.75, 3.05) is 13.1 Å². The van der Waals surface area contributed by atoms with Gasteiger partial charge in [0, 0.05) is 31.0 Å². The van der Waals surface area contributed by atoms with Crippen molar-refractivity contribution in [2.45, 2.75) is 19.2 Å². The summed E-state index contributed by atoms with van der Waals surface area (Å²) < 4.78 is 45.3. The van der Waals surface area contributed by atoms with E-state index in [-0.39, 0.29) is 12.1 Å². The Labute approximate surface area is 158 Å². The molecule has 2 aromatic rings. The Morgan fingerprint density at radius 1 is 1.14 bits per heavy atom. The van der Waals surface area contributed by atoms with Crippen LogP contribution in [-0.4, -0.2) is 46.1 Å². The van der Waals surface area contributed by atoms with Crippen LogP contribution in [0.4, 0.5) is 13.2 Å². The molecular formula is C19H17F3N2O4. The molecule has 2 heterocycles. The summed E-state index contributed by atoms with van der Waals surface area (Å²) in [5.41, 5.74) is -1.85. The number of carbonyl (C=O) groups is 2. The quantitative estimate of drug-likeness (QED) is 0.843. The first-order valence-electron chi connectivity index (χ1n) is 8.44. The number of aromatic nitrogens is 1. The number of alkyl halides is 3. The van der Waals surface area contributed by atoms with Gasteiger partial charge in [0.1, 0.15) is 12.4 Å². The van der Waals surface area contributed by atoms with Crippen molar-refractivity contribution in [3.8, 4) is 5.75 Å². The lowest BCUT2D eigenvalue weighted by molar-refractivity contribution is -0.227. The summed E-state index contributed by atoms with van der Waals surface area (Å²) in [5, 5.41) is 9.08. The van der Waals surface area contributed by atoms with E-state index in [0.717, 1.165) is 10.5 Å². The highest BCUT2D eigenvalue weighted by Gasteiger charge is 2.64. The number of nitrogens with zero attached hydrogens (tertiary/aromatic N) is 2. The number of ether oxygens (including phenoxy) is 1. The van der Waals surface area contributed by atoms with Gasteiger partial charge in [0.2, 0.25) is 0 Å². The van der Waals surface area contributed by atoms with Crippen molar-refractivity contribution in [1.82, 2.24) is 9.88 Å². The molecule has 6 nitrogen and oxygen atoms in total. The number of amides is 1. The van der Waals surface area contributed by atoms with E-state index in [4.69, 9.17) is 9.84 Å². The maximum atomic E-state index is 13.2. The van der Waals surface area contributed by atoms with Crippen LogP contribution in [0.5, 0.6) is 5.75 Å². The van der Waals surface area contributed by atoms with Gasteiger partial charge in [-0.25, -0.2) is 0 Å². The zero-order chi connectivity index (χ0) is 20.4. The van der Waals surface area contributed by atoms with Gasteiger partial charge in [0.05, 0.1) is 0 Å². The highest BCUT2D eigenvalue weighted by Crippen LogP contribution is 2.46. The van der Waals surface area contributed by atoms with Gasteiger partial charge in [-0.3, -0.25) is 14.6 Å². The summed E-state index contributed by atoms with van der Waals surface area (Å²) in [6, 6.07) is 9.55. The molecule has 1 saturated heterocycles. The summed E-state index contributed by atoms with van der Waals surface area (Å²) >= 11 is 0. The molecule has 28 heavy (non-hydrogen) atoms. The standard InChI is InChI=1S/C19H17F3N2O4/c20-19(21,22)18(17(26)27)7-10-24(12-18)16(25)14-1-3-15(4-2-14)28-11-13-5-8-23-9-6-13/h1-6,8-9H,7,10-12H2,(H,26,27). The highest BCUT2D eigenvalue weighted by atomic mass is 19.4. The molecule has 0 spiro atoms. The molecule has 1 aliphatic rings. The van der Waals surface area contributed by atoms with Gasteiger partial charge in [0.15, 0.2) is 5.41 Å². The Hall–Kier alpha value is -3.10. The SMILES string of the molecule is O=C(c1ccc(OCc2ccncc2)cc1)N1CCC(C(=O)O)(C(F)(F)F)C1. The van der Waals surface area contributed by atoms with Gasteiger partial charge < -0.3 is 14.7 Å². The number of hydrogen-bond acceptors (Lipinski definition) is 4. The molecule has 1 N–H and O–H groups in total. The van der Waals surface area contributed by atoms with Gasteiger partial charge in [-0.05, 0) is 48.4 Å². The van der Waals surface area contributed by atoms with Crippen molar-refractivity contribution in [1.29, 1.82) is 0 Å². The Morgan fingerprint density at radius 2 is 1.79 bits per heavy atom. The zero-order valence-electron chi connectivity index (χ0n) is 14.6. The number of carboxylic acid groups (broad SMARTS) is 1. The van der Waals surface area contributed by atoms with Gasteiger partial charge in [-0.2, -0.15) is 13.2 Å². The molecule has 1 fully saturated rings. The Balaban J connectivity index is 1.66. The topological polar surface area (TPSA) is 79.7 Å². The maximum Gasteiger partial charge on any atom is 0.406 e. The van der Waals surface area contributed by atoms with Crippen LogP contribution >= 0.6 is 0 Å². The van der Waals surface area contributed by atoms with Gasteiger partial charge >= 0.3 is 12.1 Å². The molecule has 0 bridgehead atoms. The van der Waals surface area contributed by atoms with Gasteiger partial charge in [-0.15, -0.1) is 0 Å². The number of carbonyl (C=O) groups excluding carboxylic acids is 1. The van der Waals surface area contributed by atoms with E-state index < -0.39 is 36.4 Å². The summed E-state index contributed by atoms with van der Waals surface area (Å²) in [4.78, 5) is 28.5. The monoisotopic (exact) mass is 394 g/mol. The Kier molecular flexibility index (Phi) is 5.26. The summed E-state index contributed by atoms with van der Waals surface area (Å²) in [6.45, 7) is -0.870. The molecule has 0 saturated carbocycles. The second-order valence-corrected chi connectivity index (χ2v) is 6.53. The third kappa shape index (κ3) is 3.78. The average Bonchev–Trinajstić information content (AvgIpc) is 3.14. The molecule has 0 radical (unpaired) electrons. The molecule has 0 aliphatic carbocycles. The van der Waals surface area contributed by atoms with Crippen molar-refractivity contribution >= 4 is 11.9 Å². The van der Waals surface area contributed by atoms with E-state index in [1.54, 1.807) is 36.7 Å². The number of benzene rings is 1. The van der Waals surface area contributed by atoms with E-state index in [1.807, 2.05) is 0 Å². The minimum Gasteiger partial charge on any atom is -0.489 e. The fourth-order valence-corrected chi connectivity index (χ4v) is 3.03. The van der Waals surface area contributed by atoms with Crippen LogP contribution in [-0.2, 0) is 11.4 Å². The fourth-order valence-electron chi connectivity index (χ4n) is 3.03. The van der Waals surface area contributed by atoms with Crippen LogP contribution in [0, 0.1) is 5.41 Å². The molecule has 1 atom stereocenters. The second kappa shape index (κ2) is 7.49. The van der Waals surface area contributed by atoms with Gasteiger partial charge in [0.25, 0.3) is 5.91 Å². The second-order valence-electron chi connectivity index (χ2n) is 6.53. The number of carboxylic acids is 1. The van der Waals surface area contributed by atoms with Crippen LogP contribution in [0.1, 0.15) is 22.3 Å². The molecule has 1 amide bonds. The molecular weight excluding hydrogens is 377 g/mol. The molecule has 148 valence electrons. The molecule has 1 unspecified atom stereocenters. The Bertz CT molecular complexity index is 856. The number of hydrogen-bond donors (Lipinski definition) is 1. The van der Waals surface area contributed by atoms with Crippen LogP contribution in [0.25, 0.3) is 0 Å². The number of pyridine rings is 1. The van der Waals surface area contributed by atoms with Crippen LogP contribution in [0.3, 0.4) is 0 Å². The first-order valence-corrected chi connectivity index (χ1v) is 8.44. The van der Waals surface area contributed by atoms with Crippen molar-refractivity contribution < 1.29 is 32.6 Å². The first-order chi connectivity index (χ1) is 13.2. The molecule has 3 rings (SSSR count). The third-order valence-corrected chi connectivity index (χ3v) is 4.76. The smallest absolute Gasteiger partial charge is 0.406 e. The summed E-state index contributed by atoms with van der Waals surface area (Å²) in [5.74, 6) is -2.12. The normalized spacial score (nSPS) is 19.5. The number of halogens is 3. The van der Waals surface area contributed by atoms with Gasteiger partial charge in [-0.1, -0.05) is 0 Å². The molecule has 1 aromatic carbocycles. The molecule has 1 aliphatic heterocycles. The zero-order valence-corrected chi connectivity index (χ0v) is 14.6. The largest absolute Gasteiger partial charge is 0.489 e. The van der Waals surface area contributed by atoms with Crippen LogP contribution in [0.2, 0.25) is 0 Å². The third-order valence-electron chi connectivity index (χ3n) is 4.76. The van der Waals surface area contributed by atoms with E-state index in [9.17, 15) is 22.8 Å². The number of aliphatic carboxylic acids is 1. The molecule has 1 aromatic heterocycles. The fraction of sp³-hybridized carbons (Fsp3) is 0.316. The van der Waals surface area contributed by atoms with Crippen molar-refractivity contribution in [3.05, 3.63) is 59.9 Å². The highest BCUT2D eigenvalue weighted by molar-refractivity contribution is 5.95. The maximum absolute atomic E-state index is 13.2. The Morgan fingerprint density at radius 3 is 2.32 bits per heavy atom. The lowest BCUT2D eigenvalue weighted by Crippen LogP contribution is -2.47.